The van der Waals surface area contributed by atoms with Crippen molar-refractivity contribution in [2.75, 3.05) is 11.9 Å². The molecule has 0 aliphatic heterocycles. The van der Waals surface area contributed by atoms with Gasteiger partial charge in [-0.2, -0.15) is 15.2 Å². The molecule has 2 heterocycles. The number of aliphatic hydroxyl groups excluding tert-OH is 1. The fourth-order valence-electron chi connectivity index (χ4n) is 5.14. The van der Waals surface area contributed by atoms with Gasteiger partial charge in [-0.15, -0.1) is 0 Å². The summed E-state index contributed by atoms with van der Waals surface area (Å²) in [5.41, 5.74) is 1.46. The van der Waals surface area contributed by atoms with Crippen molar-refractivity contribution in [1.29, 1.82) is 5.26 Å². The monoisotopic (exact) mass is 424 g/mol. The van der Waals surface area contributed by atoms with E-state index in [1.54, 1.807) is 0 Å². The second-order valence-corrected chi connectivity index (χ2v) is 9.80. The third-order valence-electron chi connectivity index (χ3n) is 7.61. The Hall–Kier alpha value is -2.20. The first kappa shape index (κ1) is 22.0. The van der Waals surface area contributed by atoms with Gasteiger partial charge in [-0.3, -0.25) is 0 Å². The van der Waals surface area contributed by atoms with Crippen molar-refractivity contribution in [3.05, 3.63) is 11.6 Å². The van der Waals surface area contributed by atoms with Crippen molar-refractivity contribution in [2.45, 2.75) is 90.6 Å². The first-order valence-electron chi connectivity index (χ1n) is 12.1. The highest BCUT2D eigenvalue weighted by atomic mass is 16.3. The van der Waals surface area contributed by atoms with Gasteiger partial charge < -0.3 is 15.0 Å². The second kappa shape index (κ2) is 9.52. The zero-order chi connectivity index (χ0) is 22.0. The molecule has 0 amide bonds. The van der Waals surface area contributed by atoms with Crippen LogP contribution in [0.3, 0.4) is 0 Å². The fraction of sp³-hybridized carbons (Fsp3) is 0.750. The Bertz CT molecular complexity index is 932. The average Bonchev–Trinajstić information content (AvgIpc) is 3.07. The molecule has 2 aromatic heterocycles. The largest absolute Gasteiger partial charge is 0.396 e. The van der Waals surface area contributed by atoms with Crippen LogP contribution in [-0.2, 0) is 6.54 Å². The van der Waals surface area contributed by atoms with Gasteiger partial charge in [-0.25, -0.2) is 4.98 Å². The molecule has 168 valence electrons. The number of nitrogens with zero attached hydrogens (tertiary/aromatic N) is 5. The summed E-state index contributed by atoms with van der Waals surface area (Å²) in [6, 6.07) is 2.39. The molecule has 2 aromatic rings. The van der Waals surface area contributed by atoms with E-state index in [9.17, 15) is 10.4 Å². The van der Waals surface area contributed by atoms with E-state index in [2.05, 4.69) is 46.7 Å². The first-order valence-corrected chi connectivity index (χ1v) is 12.1. The van der Waals surface area contributed by atoms with Crippen LogP contribution in [0.4, 0.5) is 5.82 Å². The molecule has 4 rings (SSSR count). The molecule has 2 atom stereocenters. The van der Waals surface area contributed by atoms with Crippen LogP contribution in [0.2, 0.25) is 0 Å². The van der Waals surface area contributed by atoms with Crippen LogP contribution in [-0.4, -0.2) is 37.3 Å². The van der Waals surface area contributed by atoms with Crippen LogP contribution in [0.1, 0.15) is 89.7 Å². The fourth-order valence-corrected chi connectivity index (χ4v) is 5.14. The van der Waals surface area contributed by atoms with E-state index in [-0.39, 0.29) is 18.3 Å². The van der Waals surface area contributed by atoms with Crippen LogP contribution in [0.5, 0.6) is 0 Å². The normalized spacial score (nSPS) is 23.8. The Kier molecular flexibility index (Phi) is 6.76. The number of fused-ring (bicyclic) bond motifs is 1. The number of nitrogens with one attached hydrogen (secondary N) is 1. The maximum absolute atomic E-state index is 10.0. The highest BCUT2D eigenvalue weighted by molar-refractivity contribution is 5.84. The Balaban J connectivity index is 1.78. The van der Waals surface area contributed by atoms with E-state index in [0.717, 1.165) is 36.0 Å². The SMILES string of the molecule is CCC(CO)c1nc2nc(C#N)nc(N[C@H](C)C3CCC3)c2n1CC1CCC(C)CC1. The third kappa shape index (κ3) is 4.55. The molecule has 0 spiro atoms. The molecule has 0 radical (unpaired) electrons. The van der Waals surface area contributed by atoms with Crippen molar-refractivity contribution in [3.63, 3.8) is 0 Å². The van der Waals surface area contributed by atoms with Crippen molar-refractivity contribution >= 4 is 17.0 Å². The summed E-state index contributed by atoms with van der Waals surface area (Å²) in [5.74, 6) is 3.75. The zero-order valence-electron chi connectivity index (χ0n) is 19.1. The molecule has 2 aliphatic rings. The average molecular weight is 425 g/mol. The number of aromatic nitrogens is 4. The van der Waals surface area contributed by atoms with Crippen LogP contribution < -0.4 is 5.32 Å². The molecule has 31 heavy (non-hydrogen) atoms. The summed E-state index contributed by atoms with van der Waals surface area (Å²) in [4.78, 5) is 13.9. The number of hydrogen-bond acceptors (Lipinski definition) is 6. The summed E-state index contributed by atoms with van der Waals surface area (Å²) < 4.78 is 2.26. The van der Waals surface area contributed by atoms with Gasteiger partial charge in [0.25, 0.3) is 0 Å². The Morgan fingerprint density at radius 3 is 2.48 bits per heavy atom. The van der Waals surface area contributed by atoms with Crippen LogP contribution in [0.15, 0.2) is 0 Å². The molecule has 2 fully saturated rings. The van der Waals surface area contributed by atoms with Crippen molar-refractivity contribution < 1.29 is 5.11 Å². The first-order chi connectivity index (χ1) is 15.0. The Morgan fingerprint density at radius 1 is 1.16 bits per heavy atom. The molecule has 0 bridgehead atoms. The predicted octanol–water partition coefficient (Wildman–Crippen LogP) is 4.61. The lowest BCUT2D eigenvalue weighted by atomic mass is 9.80. The van der Waals surface area contributed by atoms with E-state index in [1.807, 2.05) is 0 Å². The van der Waals surface area contributed by atoms with Gasteiger partial charge in [0.15, 0.2) is 11.5 Å². The maximum atomic E-state index is 10.0. The third-order valence-corrected chi connectivity index (χ3v) is 7.61. The Morgan fingerprint density at radius 2 is 1.90 bits per heavy atom. The quantitative estimate of drug-likeness (QED) is 0.642. The van der Waals surface area contributed by atoms with Gasteiger partial charge in [0, 0.05) is 18.5 Å². The van der Waals surface area contributed by atoms with Gasteiger partial charge in [0.1, 0.15) is 17.4 Å². The summed E-state index contributed by atoms with van der Waals surface area (Å²) in [7, 11) is 0. The van der Waals surface area contributed by atoms with E-state index in [1.165, 1.54) is 44.9 Å². The van der Waals surface area contributed by atoms with Crippen molar-refractivity contribution in [2.24, 2.45) is 17.8 Å². The molecule has 2 saturated carbocycles. The lowest BCUT2D eigenvalue weighted by molar-refractivity contribution is 0.243. The number of imidazole rings is 1. The topological polar surface area (TPSA) is 99.7 Å². The second-order valence-electron chi connectivity index (χ2n) is 9.80. The number of hydrogen-bond donors (Lipinski definition) is 2. The molecule has 1 unspecified atom stereocenters. The lowest BCUT2D eigenvalue weighted by Gasteiger charge is -2.32. The highest BCUT2D eigenvalue weighted by Gasteiger charge is 2.29. The lowest BCUT2D eigenvalue weighted by Crippen LogP contribution is -2.31. The van der Waals surface area contributed by atoms with E-state index >= 15 is 0 Å². The van der Waals surface area contributed by atoms with Gasteiger partial charge in [-0.1, -0.05) is 33.1 Å². The number of aliphatic hydroxyl groups is 1. The maximum Gasteiger partial charge on any atom is 0.236 e. The predicted molar refractivity (Wildman–Crippen MR) is 122 cm³/mol. The minimum Gasteiger partial charge on any atom is -0.396 e. The van der Waals surface area contributed by atoms with Gasteiger partial charge in [-0.05, 0) is 56.8 Å². The minimum absolute atomic E-state index is 0.0424. The van der Waals surface area contributed by atoms with Gasteiger partial charge in [0.05, 0.1) is 6.61 Å². The molecule has 0 aromatic carbocycles. The summed E-state index contributed by atoms with van der Waals surface area (Å²) in [6.45, 7) is 7.56. The zero-order valence-corrected chi connectivity index (χ0v) is 19.1. The highest BCUT2D eigenvalue weighted by Crippen LogP contribution is 2.35. The molecule has 2 aliphatic carbocycles. The van der Waals surface area contributed by atoms with E-state index in [0.29, 0.717) is 23.5 Å². The van der Waals surface area contributed by atoms with Crippen molar-refractivity contribution in [1.82, 2.24) is 19.5 Å². The van der Waals surface area contributed by atoms with Gasteiger partial charge >= 0.3 is 0 Å². The smallest absolute Gasteiger partial charge is 0.236 e. The molecule has 2 N–H and O–H groups in total. The number of nitriles is 1. The molecular weight excluding hydrogens is 388 g/mol. The molecule has 7 nitrogen and oxygen atoms in total. The Labute approximate surface area is 185 Å². The molecule has 7 heteroatoms. The number of anilines is 1. The molecular formula is C24H36N6O. The standard InChI is InChI=1S/C24H36N6O/c1-4-18(14-31)24-29-23-21(30(24)13-17-10-8-15(2)9-11-17)22(27-20(12-25)28-23)26-16(3)19-6-5-7-19/h15-19,31H,4-11,13-14H2,1-3H3,(H,26,27,28)/t15?,16-,17?,18?/m1/s1. The summed E-state index contributed by atoms with van der Waals surface area (Å²) >= 11 is 0. The summed E-state index contributed by atoms with van der Waals surface area (Å²) in [5, 5.41) is 23.2. The summed E-state index contributed by atoms with van der Waals surface area (Å²) in [6.07, 6.45) is 9.54. The van der Waals surface area contributed by atoms with E-state index < -0.39 is 0 Å². The van der Waals surface area contributed by atoms with Crippen LogP contribution in [0, 0.1) is 29.1 Å². The number of rotatable bonds is 8. The molecule has 0 saturated heterocycles. The van der Waals surface area contributed by atoms with Gasteiger partial charge in [0.2, 0.25) is 5.82 Å². The van der Waals surface area contributed by atoms with Crippen LogP contribution in [0.25, 0.3) is 11.2 Å². The van der Waals surface area contributed by atoms with Crippen LogP contribution >= 0.6 is 0 Å². The van der Waals surface area contributed by atoms with Crippen molar-refractivity contribution in [3.8, 4) is 6.07 Å². The van der Waals surface area contributed by atoms with E-state index in [4.69, 9.17) is 4.98 Å². The minimum atomic E-state index is -0.0424.